The summed E-state index contributed by atoms with van der Waals surface area (Å²) in [5, 5.41) is 2.79. The molecule has 2 aliphatic rings. The molecule has 1 fully saturated rings. The first-order valence-corrected chi connectivity index (χ1v) is 13.1. The van der Waals surface area contributed by atoms with Crippen LogP contribution >= 0.6 is 11.3 Å². The molecule has 1 saturated heterocycles. The van der Waals surface area contributed by atoms with Crippen LogP contribution in [-0.2, 0) is 32.7 Å². The molecule has 1 amide bonds. The number of fused-ring (bicyclic) bond motifs is 1. The van der Waals surface area contributed by atoms with E-state index in [1.165, 1.54) is 46.0 Å². The number of sulfonamides is 1. The van der Waals surface area contributed by atoms with Gasteiger partial charge < -0.3 is 5.32 Å². The first kappa shape index (κ1) is 19.6. The van der Waals surface area contributed by atoms with E-state index in [0.717, 1.165) is 19.3 Å². The van der Waals surface area contributed by atoms with Crippen molar-refractivity contribution in [1.82, 2.24) is 4.72 Å². The Morgan fingerprint density at radius 2 is 1.89 bits per heavy atom. The Kier molecular flexibility index (Phi) is 5.07. The Morgan fingerprint density at radius 1 is 1.14 bits per heavy atom. The van der Waals surface area contributed by atoms with Crippen LogP contribution in [0.1, 0.15) is 33.0 Å². The smallest absolute Gasteiger partial charge is 0.265 e. The highest BCUT2D eigenvalue weighted by Crippen LogP contribution is 2.31. The molecular weight excluding hydrogens is 420 g/mol. The number of hydrogen-bond donors (Lipinski definition) is 2. The summed E-state index contributed by atoms with van der Waals surface area (Å²) in [6.07, 6.45) is 3.45. The van der Waals surface area contributed by atoms with E-state index >= 15 is 0 Å². The van der Waals surface area contributed by atoms with Crippen molar-refractivity contribution in [1.29, 1.82) is 0 Å². The number of carbonyl (C=O) groups is 1. The van der Waals surface area contributed by atoms with Crippen LogP contribution in [0.5, 0.6) is 0 Å². The molecule has 1 atom stereocenters. The highest BCUT2D eigenvalue weighted by atomic mass is 32.2. The van der Waals surface area contributed by atoms with E-state index in [2.05, 4.69) is 10.0 Å². The van der Waals surface area contributed by atoms with Crippen molar-refractivity contribution in [3.8, 4) is 0 Å². The minimum Gasteiger partial charge on any atom is -0.321 e. The fourth-order valence-corrected chi connectivity index (χ4v) is 7.72. The molecule has 0 spiro atoms. The van der Waals surface area contributed by atoms with Crippen molar-refractivity contribution < 1.29 is 21.6 Å². The number of sulfone groups is 1. The lowest BCUT2D eigenvalue weighted by molar-refractivity contribution is 0.103. The Balaban J connectivity index is 1.42. The number of thiophene rings is 1. The van der Waals surface area contributed by atoms with E-state index in [1.54, 1.807) is 0 Å². The fraction of sp³-hybridized carbons (Fsp3) is 0.389. The Morgan fingerprint density at radius 3 is 2.54 bits per heavy atom. The third-order valence-corrected chi connectivity index (χ3v) is 9.49. The van der Waals surface area contributed by atoms with Crippen LogP contribution in [0.15, 0.2) is 35.2 Å². The molecular formula is C18H20N2O5S3. The van der Waals surface area contributed by atoms with Crippen molar-refractivity contribution in [2.75, 3.05) is 16.8 Å². The summed E-state index contributed by atoms with van der Waals surface area (Å²) in [7, 11) is -6.98. The van der Waals surface area contributed by atoms with Crippen molar-refractivity contribution in [2.24, 2.45) is 0 Å². The lowest BCUT2D eigenvalue weighted by Crippen LogP contribution is -2.35. The van der Waals surface area contributed by atoms with Crippen molar-refractivity contribution in [2.45, 2.75) is 36.6 Å². The second-order valence-corrected chi connectivity index (χ2v) is 12.2. The Bertz CT molecular complexity index is 1100. The molecule has 2 N–H and O–H groups in total. The summed E-state index contributed by atoms with van der Waals surface area (Å²) in [5.41, 5.74) is 1.75. The molecule has 28 heavy (non-hydrogen) atoms. The van der Waals surface area contributed by atoms with Crippen LogP contribution in [0.3, 0.4) is 0 Å². The summed E-state index contributed by atoms with van der Waals surface area (Å²) in [5.74, 6) is -0.382. The van der Waals surface area contributed by atoms with Crippen molar-refractivity contribution in [3.63, 3.8) is 0 Å². The third kappa shape index (κ3) is 4.14. The molecule has 1 aromatic heterocycles. The number of benzene rings is 1. The summed E-state index contributed by atoms with van der Waals surface area (Å²) >= 11 is 1.51. The molecule has 1 aliphatic carbocycles. The average molecular weight is 441 g/mol. The van der Waals surface area contributed by atoms with Gasteiger partial charge in [0.25, 0.3) is 5.91 Å². The average Bonchev–Trinajstić information content (AvgIpc) is 3.29. The summed E-state index contributed by atoms with van der Waals surface area (Å²) in [4.78, 5) is 14.4. The lowest BCUT2D eigenvalue weighted by atomic mass is 10.2. The molecule has 10 heteroatoms. The van der Waals surface area contributed by atoms with E-state index in [9.17, 15) is 21.6 Å². The molecule has 2 aromatic rings. The van der Waals surface area contributed by atoms with Crippen LogP contribution < -0.4 is 10.0 Å². The van der Waals surface area contributed by atoms with Gasteiger partial charge in [0, 0.05) is 16.6 Å². The molecule has 0 radical (unpaired) electrons. The zero-order valence-corrected chi connectivity index (χ0v) is 17.4. The second-order valence-electron chi connectivity index (χ2n) is 7.11. The number of aryl methyl sites for hydroxylation is 2. The zero-order chi connectivity index (χ0) is 19.9. The molecule has 150 valence electrons. The van der Waals surface area contributed by atoms with Gasteiger partial charge in [-0.1, -0.05) is 0 Å². The van der Waals surface area contributed by atoms with E-state index in [1.807, 2.05) is 6.07 Å². The van der Waals surface area contributed by atoms with Gasteiger partial charge >= 0.3 is 0 Å². The van der Waals surface area contributed by atoms with E-state index in [4.69, 9.17) is 0 Å². The van der Waals surface area contributed by atoms with Gasteiger partial charge in [0.2, 0.25) is 10.0 Å². The summed E-state index contributed by atoms with van der Waals surface area (Å²) in [6, 6.07) is 7.18. The van der Waals surface area contributed by atoms with Gasteiger partial charge in [-0.05, 0) is 61.6 Å². The maximum Gasteiger partial charge on any atom is 0.265 e. The lowest BCUT2D eigenvalue weighted by Gasteiger charge is -2.12. The Labute approximate surface area is 168 Å². The van der Waals surface area contributed by atoms with Gasteiger partial charge in [0.15, 0.2) is 9.84 Å². The normalized spacial score (nSPS) is 20.8. The van der Waals surface area contributed by atoms with E-state index < -0.39 is 25.9 Å². The minimum atomic E-state index is -3.81. The van der Waals surface area contributed by atoms with E-state index in [-0.39, 0.29) is 28.7 Å². The number of amides is 1. The van der Waals surface area contributed by atoms with Gasteiger partial charge in [-0.3, -0.25) is 4.79 Å². The molecule has 7 nitrogen and oxygen atoms in total. The maximum absolute atomic E-state index is 12.4. The summed E-state index contributed by atoms with van der Waals surface area (Å²) < 4.78 is 50.3. The minimum absolute atomic E-state index is 0.00267. The predicted octanol–water partition coefficient (Wildman–Crippen LogP) is 1.95. The number of nitrogens with one attached hydrogen (secondary N) is 2. The zero-order valence-electron chi connectivity index (χ0n) is 15.0. The molecule has 0 saturated carbocycles. The number of carbonyl (C=O) groups excluding carboxylic acids is 1. The SMILES string of the molecule is O=C(Nc1ccc(S(=O)(=O)N[C@@H]2CCS(=O)(=O)C2)cc1)c1cc2c(s1)CCC2. The van der Waals surface area contributed by atoms with Gasteiger partial charge in [-0.15, -0.1) is 11.3 Å². The first-order chi connectivity index (χ1) is 13.2. The van der Waals surface area contributed by atoms with Crippen LogP contribution in [0.4, 0.5) is 5.69 Å². The first-order valence-electron chi connectivity index (χ1n) is 8.98. The van der Waals surface area contributed by atoms with Gasteiger partial charge in [0.05, 0.1) is 21.3 Å². The van der Waals surface area contributed by atoms with Crippen molar-refractivity contribution in [3.05, 3.63) is 45.6 Å². The molecule has 1 aliphatic heterocycles. The topological polar surface area (TPSA) is 109 Å². The van der Waals surface area contributed by atoms with E-state index in [0.29, 0.717) is 10.6 Å². The third-order valence-electron chi connectivity index (χ3n) is 4.95. The molecule has 4 rings (SSSR count). The molecule has 1 aromatic carbocycles. The van der Waals surface area contributed by atoms with Gasteiger partial charge in [-0.2, -0.15) is 0 Å². The highest BCUT2D eigenvalue weighted by Gasteiger charge is 2.31. The molecule has 2 heterocycles. The maximum atomic E-state index is 12.4. The van der Waals surface area contributed by atoms with Crippen LogP contribution in [0.25, 0.3) is 0 Å². The largest absolute Gasteiger partial charge is 0.321 e. The standard InChI is InChI=1S/C18H20N2O5S3/c21-18(17-10-12-2-1-3-16(12)26-17)19-13-4-6-15(7-5-13)28(24,25)20-14-8-9-27(22,23)11-14/h4-7,10,14,20H,1-3,8-9,11H2,(H,19,21)/t14-/m1/s1. The molecule has 0 unspecified atom stereocenters. The van der Waals surface area contributed by atoms with Gasteiger partial charge in [0.1, 0.15) is 0 Å². The fourth-order valence-electron chi connectivity index (χ4n) is 3.53. The van der Waals surface area contributed by atoms with Crippen LogP contribution in [0, 0.1) is 0 Å². The predicted molar refractivity (Wildman–Crippen MR) is 108 cm³/mol. The Hall–Kier alpha value is -1.75. The quantitative estimate of drug-likeness (QED) is 0.739. The van der Waals surface area contributed by atoms with Crippen molar-refractivity contribution >= 4 is 42.8 Å². The monoisotopic (exact) mass is 440 g/mol. The number of anilines is 1. The van der Waals surface area contributed by atoms with Gasteiger partial charge in [-0.25, -0.2) is 21.6 Å². The number of hydrogen-bond acceptors (Lipinski definition) is 6. The molecule has 0 bridgehead atoms. The summed E-state index contributed by atoms with van der Waals surface area (Å²) in [6.45, 7) is 0. The van der Waals surface area contributed by atoms with Crippen LogP contribution in [-0.4, -0.2) is 40.3 Å². The number of rotatable bonds is 5. The second kappa shape index (κ2) is 7.25. The highest BCUT2D eigenvalue weighted by molar-refractivity contribution is 7.92. The van der Waals surface area contributed by atoms with Crippen LogP contribution in [0.2, 0.25) is 0 Å².